The molecule has 0 aromatic carbocycles. The predicted molar refractivity (Wildman–Crippen MR) is 68.3 cm³/mol. The summed E-state index contributed by atoms with van der Waals surface area (Å²) in [6.45, 7) is -9.67. The van der Waals surface area contributed by atoms with Gasteiger partial charge in [-0.1, -0.05) is 0 Å². The van der Waals surface area contributed by atoms with Gasteiger partial charge in [0.2, 0.25) is 0 Å². The number of alkyl halides is 18. The first-order valence-electron chi connectivity index (χ1n) is 7.41. The Bertz CT molecular complexity index is 706. The lowest BCUT2D eigenvalue weighted by Crippen LogP contribution is -2.69. The van der Waals surface area contributed by atoms with E-state index in [0.29, 0.717) is 0 Å². The maximum Gasteiger partial charge on any atom is 0.475 e. The molecule has 0 aliphatic heterocycles. The van der Waals surface area contributed by atoms with E-state index < -0.39 is 76.0 Å². The van der Waals surface area contributed by atoms with Crippen molar-refractivity contribution in [1.29, 1.82) is 0 Å². The van der Waals surface area contributed by atoms with Crippen molar-refractivity contribution in [1.82, 2.24) is 0 Å². The van der Waals surface area contributed by atoms with Crippen LogP contribution in [0, 0.1) is 0 Å². The fourth-order valence-electron chi connectivity index (χ4n) is 1.44. The van der Waals surface area contributed by atoms with Crippen LogP contribution in [0.4, 0.5) is 79.0 Å². The van der Waals surface area contributed by atoms with Crippen LogP contribution < -0.4 is 0 Å². The van der Waals surface area contributed by atoms with Crippen LogP contribution in [0.3, 0.4) is 0 Å². The van der Waals surface area contributed by atoms with Gasteiger partial charge in [-0.3, -0.25) is 13.6 Å². The fourth-order valence-corrected chi connectivity index (χ4v) is 2.59. The maximum atomic E-state index is 13.5. The Hall–Kier alpha value is -1.15. The smallest absolute Gasteiger partial charge is 0.280 e. The quantitative estimate of drug-likeness (QED) is 0.192. The first kappa shape index (κ1) is 32.9. The van der Waals surface area contributed by atoms with E-state index >= 15 is 0 Å². The molecule has 206 valence electrons. The second kappa shape index (κ2) is 9.72. The van der Waals surface area contributed by atoms with Crippen LogP contribution in [-0.4, -0.2) is 68.2 Å². The number of phosphoric acid groups is 1. The van der Waals surface area contributed by atoms with Crippen molar-refractivity contribution in [3.63, 3.8) is 0 Å². The van der Waals surface area contributed by atoms with Gasteiger partial charge < -0.3 is 0 Å². The molecule has 0 heterocycles. The van der Waals surface area contributed by atoms with E-state index in [2.05, 4.69) is 13.6 Å². The van der Waals surface area contributed by atoms with Crippen LogP contribution in [0.2, 0.25) is 0 Å². The Morgan fingerprint density at radius 3 is 1.15 bits per heavy atom. The molecule has 0 aromatic rings. The van der Waals surface area contributed by atoms with Crippen LogP contribution in [0.1, 0.15) is 0 Å². The Morgan fingerprint density at radius 1 is 0.529 bits per heavy atom. The summed E-state index contributed by atoms with van der Waals surface area (Å²) in [5, 5.41) is 0. The van der Waals surface area contributed by atoms with Gasteiger partial charge in [-0.15, -0.1) is 0 Å². The Morgan fingerprint density at radius 2 is 0.853 bits per heavy atom. The van der Waals surface area contributed by atoms with Gasteiger partial charge in [-0.05, 0) is 0 Å². The zero-order valence-corrected chi connectivity index (χ0v) is 16.0. The fraction of sp³-hybridized carbons (Fsp3) is 1.00. The molecule has 0 radical (unpaired) electrons. The van der Waals surface area contributed by atoms with Gasteiger partial charge in [-0.25, -0.2) is 13.3 Å². The van der Waals surface area contributed by atoms with E-state index in [-0.39, 0.29) is 0 Å². The largest absolute Gasteiger partial charge is 0.475 e. The van der Waals surface area contributed by atoms with Crippen LogP contribution >= 0.6 is 7.82 Å². The minimum atomic E-state index is -8.07. The van der Waals surface area contributed by atoms with Crippen molar-refractivity contribution in [2.24, 2.45) is 0 Å². The third kappa shape index (κ3) is 7.19. The number of phosphoric ester groups is 1. The second-order valence-electron chi connectivity index (χ2n) is 5.85. The van der Waals surface area contributed by atoms with Crippen molar-refractivity contribution < 1.29 is 97.2 Å². The topological polar surface area (TPSA) is 44.8 Å². The van der Waals surface area contributed by atoms with Crippen LogP contribution in [0.25, 0.3) is 0 Å². The molecule has 0 rings (SSSR count). The van der Waals surface area contributed by atoms with Gasteiger partial charge in [0.15, 0.2) is 13.2 Å². The maximum absolute atomic E-state index is 13.5. The lowest BCUT2D eigenvalue weighted by molar-refractivity contribution is -0.414. The summed E-state index contributed by atoms with van der Waals surface area (Å²) in [6.07, 6.45) is -17.1. The zero-order valence-electron chi connectivity index (χ0n) is 15.1. The van der Waals surface area contributed by atoms with E-state index in [1.54, 1.807) is 0 Å². The average molecular weight is 576 g/mol. The van der Waals surface area contributed by atoms with Gasteiger partial charge in [-0.2, -0.15) is 70.2 Å². The SMILES string of the molecule is O=P(OCC(F)(F)F)(OCC(F)(F)F)OCC(F)(F)C(F)(F)C(F)(F)C(F)(F)C(F)(F)C(F)F. The van der Waals surface area contributed by atoms with Gasteiger partial charge in [0.05, 0.1) is 0 Å². The highest BCUT2D eigenvalue weighted by Crippen LogP contribution is 2.59. The summed E-state index contributed by atoms with van der Waals surface area (Å²) >= 11 is 0. The molecule has 0 aromatic heterocycles. The van der Waals surface area contributed by atoms with E-state index in [1.165, 1.54) is 0 Å². The highest BCUT2D eigenvalue weighted by Gasteiger charge is 2.87. The molecule has 0 unspecified atom stereocenters. The zero-order chi connectivity index (χ0) is 27.8. The summed E-state index contributed by atoms with van der Waals surface area (Å²) in [5.41, 5.74) is 0. The molecule has 0 atom stereocenters. The molecule has 23 heteroatoms. The van der Waals surface area contributed by atoms with Gasteiger partial charge >= 0.3 is 56.2 Å². The molecule has 0 saturated carbocycles. The minimum Gasteiger partial charge on any atom is -0.280 e. The van der Waals surface area contributed by atoms with E-state index in [9.17, 15) is 83.6 Å². The van der Waals surface area contributed by atoms with Crippen molar-refractivity contribution in [2.75, 3.05) is 19.8 Å². The number of hydrogen-bond acceptors (Lipinski definition) is 4. The van der Waals surface area contributed by atoms with Gasteiger partial charge in [0.25, 0.3) is 0 Å². The van der Waals surface area contributed by atoms with Crippen LogP contribution in [0.15, 0.2) is 0 Å². The molecular formula is C11H7F18O4P. The molecule has 4 nitrogen and oxygen atoms in total. The molecule has 0 bridgehead atoms. The van der Waals surface area contributed by atoms with Crippen molar-refractivity contribution in [2.45, 2.75) is 48.4 Å². The monoisotopic (exact) mass is 576 g/mol. The lowest BCUT2D eigenvalue weighted by atomic mass is 9.95. The minimum absolute atomic E-state index is 2.95. The standard InChI is InChI=1S/C11H7F18O4P/c12-4(13)8(22,23)10(26,27)11(28,29)9(24,25)5(14,15)1-31-34(30,32-2-6(16,17)18)33-3-7(19,20)21/h4H,1-3H2. The molecule has 0 aliphatic carbocycles. The molecule has 34 heavy (non-hydrogen) atoms. The van der Waals surface area contributed by atoms with E-state index in [1.807, 2.05) is 0 Å². The molecule has 0 spiro atoms. The molecular weight excluding hydrogens is 569 g/mol. The van der Waals surface area contributed by atoms with E-state index in [0.717, 1.165) is 0 Å². The highest BCUT2D eigenvalue weighted by molar-refractivity contribution is 7.48. The third-order valence-corrected chi connectivity index (χ3v) is 4.45. The summed E-state index contributed by atoms with van der Waals surface area (Å²) in [6, 6.07) is 0. The molecule has 0 aliphatic rings. The lowest BCUT2D eigenvalue weighted by Gasteiger charge is -2.39. The van der Waals surface area contributed by atoms with Gasteiger partial charge in [0.1, 0.15) is 6.61 Å². The third-order valence-electron chi connectivity index (χ3n) is 3.12. The van der Waals surface area contributed by atoms with E-state index in [4.69, 9.17) is 0 Å². The number of rotatable bonds is 12. The van der Waals surface area contributed by atoms with Gasteiger partial charge in [0, 0.05) is 0 Å². The summed E-state index contributed by atoms with van der Waals surface area (Å²) in [5.74, 6) is -38.2. The van der Waals surface area contributed by atoms with Crippen LogP contribution in [-0.2, 0) is 18.1 Å². The number of halogens is 18. The number of hydrogen-bond donors (Lipinski definition) is 0. The molecule has 0 fully saturated rings. The van der Waals surface area contributed by atoms with Crippen molar-refractivity contribution in [3.05, 3.63) is 0 Å². The summed E-state index contributed by atoms with van der Waals surface area (Å²) < 4.78 is 249. The second-order valence-corrected chi connectivity index (χ2v) is 7.52. The predicted octanol–water partition coefficient (Wildman–Crippen LogP) is 6.71. The average Bonchev–Trinajstić information content (AvgIpc) is 2.61. The molecule has 0 amide bonds. The Balaban J connectivity index is 6.03. The van der Waals surface area contributed by atoms with Crippen LogP contribution in [0.5, 0.6) is 0 Å². The Labute approximate surface area is 174 Å². The first-order valence-corrected chi connectivity index (χ1v) is 8.87. The molecule has 0 saturated heterocycles. The normalized spacial score (nSPS) is 15.9. The Kier molecular flexibility index (Phi) is 9.39. The first-order chi connectivity index (χ1) is 14.6. The summed E-state index contributed by atoms with van der Waals surface area (Å²) in [7, 11) is -6.67. The van der Waals surface area contributed by atoms with Crippen molar-refractivity contribution >= 4 is 7.82 Å². The molecule has 0 N–H and O–H groups in total. The summed E-state index contributed by atoms with van der Waals surface area (Å²) in [4.78, 5) is 0. The van der Waals surface area contributed by atoms with Crippen molar-refractivity contribution in [3.8, 4) is 0 Å². The highest BCUT2D eigenvalue weighted by atomic mass is 31.2.